The topological polar surface area (TPSA) is 115 Å². The second-order valence-corrected chi connectivity index (χ2v) is 11.1. The number of pyridine rings is 1. The van der Waals surface area contributed by atoms with Crippen LogP contribution in [0.5, 0.6) is 0 Å². The molecule has 0 radical (unpaired) electrons. The van der Waals surface area contributed by atoms with Gasteiger partial charge in [-0.15, -0.1) is 21.5 Å². The van der Waals surface area contributed by atoms with Gasteiger partial charge in [0.2, 0.25) is 10.0 Å². The van der Waals surface area contributed by atoms with Gasteiger partial charge in [-0.3, -0.25) is 14.2 Å². The van der Waals surface area contributed by atoms with Crippen LogP contribution < -0.4 is 4.31 Å². The lowest BCUT2D eigenvalue weighted by atomic mass is 9.99. The van der Waals surface area contributed by atoms with E-state index in [1.54, 1.807) is 0 Å². The molecule has 3 fully saturated rings. The number of morpholine rings is 1. The van der Waals surface area contributed by atoms with Crippen LogP contribution in [-0.4, -0.2) is 71.1 Å². The second-order valence-electron chi connectivity index (χ2n) is 7.92. The van der Waals surface area contributed by atoms with Gasteiger partial charge in [0.05, 0.1) is 48.8 Å². The van der Waals surface area contributed by atoms with Crippen LogP contribution in [0.2, 0.25) is 0 Å². The smallest absolute Gasteiger partial charge is 0.314 e. The number of anilines is 1. The fourth-order valence-corrected chi connectivity index (χ4v) is 6.25. The maximum absolute atomic E-state index is 13.9. The van der Waals surface area contributed by atoms with E-state index in [9.17, 15) is 21.6 Å². The van der Waals surface area contributed by atoms with Gasteiger partial charge < -0.3 is 9.15 Å². The van der Waals surface area contributed by atoms with E-state index in [4.69, 9.17) is 9.15 Å². The third-order valence-corrected chi connectivity index (χ3v) is 8.16. The molecule has 0 N–H and O–H groups in total. The molecule has 15 heteroatoms. The fourth-order valence-electron chi connectivity index (χ4n) is 3.89. The summed E-state index contributed by atoms with van der Waals surface area (Å²) >= 11 is 1.01. The van der Waals surface area contributed by atoms with Crippen LogP contribution in [0, 0.1) is 5.82 Å². The highest BCUT2D eigenvalue weighted by atomic mass is 32.2. The number of sulfonamides is 1. The molecule has 182 valence electrons. The normalized spacial score (nSPS) is 20.5. The summed E-state index contributed by atoms with van der Waals surface area (Å²) in [4.78, 5) is 10.3. The standard InChI is InChI=1S/C19H19F3N6O4S2/c20-11-3-12(6-23-5-11)28(34(29,30)2-1-27-8-13-4-14(9-27)31-13)10-16-24-7-15(33-16)18-25-26-19(32-18)17(21)22/h3,5-7,13-14,17H,1-2,4,8-10H2. The number of hydrogen-bond acceptors (Lipinski definition) is 10. The van der Waals surface area contributed by atoms with Crippen molar-refractivity contribution in [1.29, 1.82) is 0 Å². The number of fused-ring (bicyclic) bond motifs is 2. The summed E-state index contributed by atoms with van der Waals surface area (Å²) < 4.78 is 77.5. The molecule has 3 aromatic rings. The molecule has 34 heavy (non-hydrogen) atoms. The van der Waals surface area contributed by atoms with Gasteiger partial charge in [-0.05, 0) is 0 Å². The maximum Gasteiger partial charge on any atom is 0.314 e. The number of alkyl halides is 2. The molecule has 3 aromatic heterocycles. The van der Waals surface area contributed by atoms with Crippen molar-refractivity contribution in [3.8, 4) is 10.8 Å². The molecule has 2 atom stereocenters. The Morgan fingerprint density at radius 2 is 1.97 bits per heavy atom. The second kappa shape index (κ2) is 9.20. The molecule has 3 aliphatic heterocycles. The largest absolute Gasteiger partial charge is 0.414 e. The van der Waals surface area contributed by atoms with E-state index in [0.717, 1.165) is 34.3 Å². The van der Waals surface area contributed by atoms with Gasteiger partial charge in [0, 0.05) is 32.1 Å². The zero-order chi connectivity index (χ0) is 23.9. The Hall–Kier alpha value is -2.62. The molecule has 0 spiro atoms. The monoisotopic (exact) mass is 516 g/mol. The first-order valence-electron chi connectivity index (χ1n) is 10.3. The van der Waals surface area contributed by atoms with E-state index in [0.29, 0.717) is 29.5 Å². The first-order valence-corrected chi connectivity index (χ1v) is 12.7. The minimum absolute atomic E-state index is 0.0550. The lowest BCUT2D eigenvalue weighted by Crippen LogP contribution is -2.58. The number of rotatable bonds is 9. The van der Waals surface area contributed by atoms with E-state index in [2.05, 4.69) is 20.2 Å². The van der Waals surface area contributed by atoms with E-state index in [1.165, 1.54) is 12.4 Å². The minimum Gasteiger partial charge on any atom is -0.414 e. The summed E-state index contributed by atoms with van der Waals surface area (Å²) in [5.41, 5.74) is 0.0550. The Kier molecular flexibility index (Phi) is 6.26. The van der Waals surface area contributed by atoms with Crippen LogP contribution in [0.4, 0.5) is 18.9 Å². The van der Waals surface area contributed by atoms with Crippen LogP contribution in [0.25, 0.3) is 10.8 Å². The maximum atomic E-state index is 13.9. The van der Waals surface area contributed by atoms with Gasteiger partial charge in [-0.1, -0.05) is 0 Å². The number of ether oxygens (including phenoxy) is 1. The predicted molar refractivity (Wildman–Crippen MR) is 114 cm³/mol. The Morgan fingerprint density at radius 3 is 2.65 bits per heavy atom. The Balaban J connectivity index is 1.35. The number of thiazole rings is 1. The third-order valence-electron chi connectivity index (χ3n) is 5.48. The molecule has 3 saturated heterocycles. The van der Waals surface area contributed by atoms with Crippen LogP contribution in [0.1, 0.15) is 23.7 Å². The molecule has 2 bridgehead atoms. The van der Waals surface area contributed by atoms with Crippen molar-refractivity contribution in [3.05, 3.63) is 41.4 Å². The summed E-state index contributed by atoms with van der Waals surface area (Å²) in [6, 6.07) is 1.08. The molecule has 6 rings (SSSR count). The van der Waals surface area contributed by atoms with Crippen molar-refractivity contribution < 1.29 is 30.7 Å². The molecular formula is C19H19F3N6O4S2. The first kappa shape index (κ1) is 23.1. The van der Waals surface area contributed by atoms with Crippen molar-refractivity contribution >= 4 is 27.0 Å². The van der Waals surface area contributed by atoms with E-state index < -0.39 is 28.2 Å². The summed E-state index contributed by atoms with van der Waals surface area (Å²) in [6.45, 7) is 1.45. The molecule has 6 heterocycles. The highest BCUT2D eigenvalue weighted by molar-refractivity contribution is 7.92. The van der Waals surface area contributed by atoms with E-state index in [1.807, 2.05) is 4.90 Å². The number of aromatic nitrogens is 4. The van der Waals surface area contributed by atoms with Gasteiger partial charge in [0.15, 0.2) is 0 Å². The number of halogens is 3. The third kappa shape index (κ3) is 4.92. The summed E-state index contributed by atoms with van der Waals surface area (Å²) in [5, 5.41) is 7.18. The van der Waals surface area contributed by atoms with Crippen LogP contribution in [0.3, 0.4) is 0 Å². The number of nitrogens with zero attached hydrogens (tertiary/aromatic N) is 6. The predicted octanol–water partition coefficient (Wildman–Crippen LogP) is 2.47. The summed E-state index contributed by atoms with van der Waals surface area (Å²) in [5.74, 6) is -1.84. The molecule has 0 aromatic carbocycles. The highest BCUT2D eigenvalue weighted by Crippen LogP contribution is 2.31. The molecular weight excluding hydrogens is 497 g/mol. The summed E-state index contributed by atoms with van der Waals surface area (Å²) in [7, 11) is -3.89. The van der Waals surface area contributed by atoms with Gasteiger partial charge in [0.25, 0.3) is 11.8 Å². The molecule has 10 nitrogen and oxygen atoms in total. The average Bonchev–Trinajstić information content (AvgIpc) is 3.45. The molecule has 2 unspecified atom stereocenters. The summed E-state index contributed by atoms with van der Waals surface area (Å²) in [6.07, 6.45) is 1.94. The van der Waals surface area contributed by atoms with Crippen molar-refractivity contribution in [3.63, 3.8) is 0 Å². The highest BCUT2D eigenvalue weighted by Gasteiger charge is 2.38. The average molecular weight is 517 g/mol. The molecule has 3 aliphatic rings. The quantitative estimate of drug-likeness (QED) is 0.423. The number of piperidine rings is 1. The lowest BCUT2D eigenvalue weighted by molar-refractivity contribution is -0.179. The van der Waals surface area contributed by atoms with E-state index in [-0.39, 0.29) is 36.1 Å². The molecule has 0 amide bonds. The number of hydrogen-bond donors (Lipinski definition) is 0. The first-order chi connectivity index (χ1) is 16.3. The Labute approximate surface area is 196 Å². The van der Waals surface area contributed by atoms with Crippen molar-refractivity contribution in [2.24, 2.45) is 0 Å². The Bertz CT molecular complexity index is 1250. The van der Waals surface area contributed by atoms with E-state index >= 15 is 0 Å². The lowest BCUT2D eigenvalue weighted by Gasteiger charge is -2.47. The van der Waals surface area contributed by atoms with Gasteiger partial charge >= 0.3 is 6.43 Å². The minimum atomic E-state index is -3.89. The zero-order valence-corrected chi connectivity index (χ0v) is 19.2. The van der Waals surface area contributed by atoms with Gasteiger partial charge in [0.1, 0.15) is 15.7 Å². The van der Waals surface area contributed by atoms with Gasteiger partial charge in [-0.2, -0.15) is 8.78 Å². The Morgan fingerprint density at radius 1 is 1.21 bits per heavy atom. The van der Waals surface area contributed by atoms with Crippen molar-refractivity contribution in [2.75, 3.05) is 29.7 Å². The van der Waals surface area contributed by atoms with Crippen LogP contribution >= 0.6 is 11.3 Å². The SMILES string of the molecule is O=S(=O)(CCN1CC2CC(C1)O2)N(Cc1ncc(-c2nnc(C(F)F)o2)s1)c1cncc(F)c1. The molecule has 0 saturated carbocycles. The van der Waals surface area contributed by atoms with Crippen LogP contribution in [0.15, 0.2) is 29.1 Å². The zero-order valence-electron chi connectivity index (χ0n) is 17.6. The van der Waals surface area contributed by atoms with Gasteiger partial charge in [-0.25, -0.2) is 17.8 Å². The molecule has 0 aliphatic carbocycles. The van der Waals surface area contributed by atoms with Crippen molar-refractivity contribution in [1.82, 2.24) is 25.1 Å². The van der Waals surface area contributed by atoms with Crippen molar-refractivity contribution in [2.45, 2.75) is 31.6 Å². The van der Waals surface area contributed by atoms with Crippen LogP contribution in [-0.2, 0) is 21.3 Å². The fraction of sp³-hybridized carbons (Fsp3) is 0.474.